The predicted molar refractivity (Wildman–Crippen MR) is 67.6 cm³/mol. The minimum absolute atomic E-state index is 0.00144. The maximum absolute atomic E-state index is 12.1. The largest absolute Gasteiger partial charge is 0.318 e. The van der Waals surface area contributed by atoms with Gasteiger partial charge < -0.3 is 5.32 Å². The Balaban J connectivity index is 2.55. The van der Waals surface area contributed by atoms with Crippen LogP contribution < -0.4 is 10.9 Å². The summed E-state index contributed by atoms with van der Waals surface area (Å²) >= 11 is 3.36. The van der Waals surface area contributed by atoms with Gasteiger partial charge in [-0.15, -0.1) is 0 Å². The number of rotatable bonds is 3. The Bertz CT molecular complexity index is 565. The van der Waals surface area contributed by atoms with Crippen molar-refractivity contribution < 1.29 is 0 Å². The first-order valence-corrected chi connectivity index (χ1v) is 5.81. The predicted octanol–water partition coefficient (Wildman–Crippen LogP) is 1.38. The van der Waals surface area contributed by atoms with E-state index >= 15 is 0 Å². The van der Waals surface area contributed by atoms with Gasteiger partial charge in [-0.3, -0.25) is 9.36 Å². The summed E-state index contributed by atoms with van der Waals surface area (Å²) in [6.07, 6.45) is 1.59. The summed E-state index contributed by atoms with van der Waals surface area (Å²) in [4.78, 5) is 16.3. The quantitative estimate of drug-likeness (QED) is 0.925. The second kappa shape index (κ2) is 4.76. The van der Waals surface area contributed by atoms with E-state index in [0.29, 0.717) is 11.9 Å². The highest BCUT2D eigenvalue weighted by molar-refractivity contribution is 9.10. The standard InChI is InChI=1S/C11H12BrN3O/c1-13-4-5-15-7-14-10-3-2-8(12)6-9(10)11(15)16/h2-3,6-7,13H,4-5H2,1H3. The molecule has 0 aliphatic heterocycles. The number of nitrogens with zero attached hydrogens (tertiary/aromatic N) is 2. The van der Waals surface area contributed by atoms with Crippen molar-refractivity contribution >= 4 is 26.8 Å². The molecule has 84 valence electrons. The molecule has 1 N–H and O–H groups in total. The SMILES string of the molecule is CNCCn1cnc2ccc(Br)cc2c1=O. The lowest BCUT2D eigenvalue weighted by molar-refractivity contribution is 0.621. The summed E-state index contributed by atoms with van der Waals surface area (Å²) in [7, 11) is 1.86. The van der Waals surface area contributed by atoms with Gasteiger partial charge in [-0.25, -0.2) is 4.98 Å². The van der Waals surface area contributed by atoms with Crippen LogP contribution in [0, 0.1) is 0 Å². The van der Waals surface area contributed by atoms with Gasteiger partial charge in [0.25, 0.3) is 5.56 Å². The number of benzene rings is 1. The van der Waals surface area contributed by atoms with E-state index in [9.17, 15) is 4.79 Å². The van der Waals surface area contributed by atoms with Crippen LogP contribution in [0.1, 0.15) is 0 Å². The number of nitrogens with one attached hydrogen (secondary N) is 1. The lowest BCUT2D eigenvalue weighted by Gasteiger charge is -2.05. The zero-order valence-corrected chi connectivity index (χ0v) is 10.5. The highest BCUT2D eigenvalue weighted by atomic mass is 79.9. The number of hydrogen-bond acceptors (Lipinski definition) is 3. The number of fused-ring (bicyclic) bond motifs is 1. The van der Waals surface area contributed by atoms with E-state index in [0.717, 1.165) is 16.5 Å². The number of hydrogen-bond donors (Lipinski definition) is 1. The molecule has 0 unspecified atom stereocenters. The van der Waals surface area contributed by atoms with E-state index in [2.05, 4.69) is 26.2 Å². The second-order valence-corrected chi connectivity index (χ2v) is 4.42. The molecule has 1 heterocycles. The Morgan fingerprint density at radius 3 is 3.06 bits per heavy atom. The van der Waals surface area contributed by atoms with Crippen LogP contribution in [-0.2, 0) is 6.54 Å². The van der Waals surface area contributed by atoms with E-state index in [-0.39, 0.29) is 5.56 Å². The van der Waals surface area contributed by atoms with Crippen LogP contribution in [-0.4, -0.2) is 23.1 Å². The molecule has 2 aromatic rings. The average Bonchev–Trinajstić information content (AvgIpc) is 2.29. The number of likely N-dealkylation sites (N-methyl/N-ethyl adjacent to an activating group) is 1. The summed E-state index contributed by atoms with van der Waals surface area (Å²) in [5, 5.41) is 3.65. The smallest absolute Gasteiger partial charge is 0.261 e. The van der Waals surface area contributed by atoms with Crippen LogP contribution in [0.3, 0.4) is 0 Å². The summed E-state index contributed by atoms with van der Waals surface area (Å²) in [6.45, 7) is 1.38. The molecule has 0 saturated heterocycles. The third-order valence-corrected chi connectivity index (χ3v) is 2.88. The minimum Gasteiger partial charge on any atom is -0.318 e. The summed E-state index contributed by atoms with van der Waals surface area (Å²) in [6, 6.07) is 5.52. The molecule has 0 saturated carbocycles. The Labute approximate surface area is 101 Å². The van der Waals surface area contributed by atoms with Crippen molar-refractivity contribution in [1.82, 2.24) is 14.9 Å². The van der Waals surface area contributed by atoms with Crippen molar-refractivity contribution in [3.05, 3.63) is 39.4 Å². The molecule has 5 heteroatoms. The monoisotopic (exact) mass is 281 g/mol. The number of aromatic nitrogens is 2. The molecular weight excluding hydrogens is 270 g/mol. The molecule has 1 aromatic heterocycles. The summed E-state index contributed by atoms with van der Waals surface area (Å²) in [5.74, 6) is 0. The normalized spacial score (nSPS) is 10.9. The van der Waals surface area contributed by atoms with Crippen LogP contribution in [0.2, 0.25) is 0 Å². The molecule has 0 atom stereocenters. The van der Waals surface area contributed by atoms with Crippen molar-refractivity contribution in [2.24, 2.45) is 0 Å². The molecular formula is C11H12BrN3O. The zero-order valence-electron chi connectivity index (χ0n) is 8.90. The highest BCUT2D eigenvalue weighted by Crippen LogP contribution is 2.14. The van der Waals surface area contributed by atoms with Crippen molar-refractivity contribution in [1.29, 1.82) is 0 Å². The summed E-state index contributed by atoms with van der Waals surface area (Å²) < 4.78 is 2.51. The van der Waals surface area contributed by atoms with Crippen molar-refractivity contribution in [2.75, 3.05) is 13.6 Å². The summed E-state index contributed by atoms with van der Waals surface area (Å²) in [5.41, 5.74) is 0.732. The topological polar surface area (TPSA) is 46.9 Å². The molecule has 0 fully saturated rings. The van der Waals surface area contributed by atoms with E-state index in [1.54, 1.807) is 17.0 Å². The van der Waals surface area contributed by atoms with E-state index in [4.69, 9.17) is 0 Å². The van der Waals surface area contributed by atoms with Crippen molar-refractivity contribution in [2.45, 2.75) is 6.54 Å². The van der Waals surface area contributed by atoms with Crippen LogP contribution in [0.4, 0.5) is 0 Å². The minimum atomic E-state index is 0.00144. The van der Waals surface area contributed by atoms with Gasteiger partial charge in [-0.2, -0.15) is 0 Å². The van der Waals surface area contributed by atoms with Gasteiger partial charge in [0.05, 0.1) is 17.2 Å². The number of halogens is 1. The second-order valence-electron chi connectivity index (χ2n) is 3.51. The lowest BCUT2D eigenvalue weighted by atomic mass is 10.2. The van der Waals surface area contributed by atoms with Gasteiger partial charge in [0.1, 0.15) is 0 Å². The van der Waals surface area contributed by atoms with Gasteiger partial charge in [0.2, 0.25) is 0 Å². The Morgan fingerprint density at radius 2 is 2.31 bits per heavy atom. The molecule has 0 aliphatic rings. The van der Waals surface area contributed by atoms with E-state index in [1.807, 2.05) is 19.2 Å². The van der Waals surface area contributed by atoms with Gasteiger partial charge in [-0.1, -0.05) is 15.9 Å². The molecule has 0 bridgehead atoms. The fourth-order valence-electron chi connectivity index (χ4n) is 1.52. The van der Waals surface area contributed by atoms with Crippen LogP contribution in [0.5, 0.6) is 0 Å². The third-order valence-electron chi connectivity index (χ3n) is 2.39. The third kappa shape index (κ3) is 2.15. The maximum Gasteiger partial charge on any atom is 0.261 e. The highest BCUT2D eigenvalue weighted by Gasteiger charge is 2.03. The van der Waals surface area contributed by atoms with Crippen molar-refractivity contribution in [3.8, 4) is 0 Å². The van der Waals surface area contributed by atoms with E-state index < -0.39 is 0 Å². The lowest BCUT2D eigenvalue weighted by Crippen LogP contribution is -2.25. The molecule has 0 amide bonds. The molecule has 0 spiro atoms. The Hall–Kier alpha value is -1.20. The molecule has 0 radical (unpaired) electrons. The molecule has 1 aromatic carbocycles. The fraction of sp³-hybridized carbons (Fsp3) is 0.273. The molecule has 4 nitrogen and oxygen atoms in total. The van der Waals surface area contributed by atoms with Crippen LogP contribution >= 0.6 is 15.9 Å². The average molecular weight is 282 g/mol. The molecule has 16 heavy (non-hydrogen) atoms. The first-order valence-electron chi connectivity index (χ1n) is 5.01. The van der Waals surface area contributed by atoms with Crippen LogP contribution in [0.25, 0.3) is 10.9 Å². The van der Waals surface area contributed by atoms with Gasteiger partial charge >= 0.3 is 0 Å². The molecule has 0 aliphatic carbocycles. The van der Waals surface area contributed by atoms with E-state index in [1.165, 1.54) is 0 Å². The van der Waals surface area contributed by atoms with Gasteiger partial charge in [-0.05, 0) is 25.2 Å². The van der Waals surface area contributed by atoms with Crippen molar-refractivity contribution in [3.63, 3.8) is 0 Å². The van der Waals surface area contributed by atoms with Crippen LogP contribution in [0.15, 0.2) is 33.8 Å². The molecule has 2 rings (SSSR count). The van der Waals surface area contributed by atoms with Gasteiger partial charge in [0, 0.05) is 17.6 Å². The zero-order chi connectivity index (χ0) is 11.5. The fourth-order valence-corrected chi connectivity index (χ4v) is 1.88. The van der Waals surface area contributed by atoms with Gasteiger partial charge in [0.15, 0.2) is 0 Å². The first kappa shape index (κ1) is 11.3. The first-order chi connectivity index (χ1) is 7.72. The Kier molecular flexibility index (Phi) is 3.36. The Morgan fingerprint density at radius 1 is 1.50 bits per heavy atom. The maximum atomic E-state index is 12.1.